The number of nitrogens with one attached hydrogen (secondary N) is 1. The lowest BCUT2D eigenvalue weighted by Gasteiger charge is -2.18. The van der Waals surface area contributed by atoms with Gasteiger partial charge in [0, 0.05) is 19.5 Å². The first-order chi connectivity index (χ1) is 11.1. The van der Waals surface area contributed by atoms with Crippen molar-refractivity contribution in [1.29, 1.82) is 0 Å². The summed E-state index contributed by atoms with van der Waals surface area (Å²) in [6.07, 6.45) is 1.58. The number of methoxy groups -OCH3 is 1. The molecule has 2 heterocycles. The Morgan fingerprint density at radius 3 is 2.96 bits per heavy atom. The van der Waals surface area contributed by atoms with Gasteiger partial charge in [-0.3, -0.25) is 9.69 Å². The second-order valence-corrected chi connectivity index (χ2v) is 5.77. The first-order valence-corrected chi connectivity index (χ1v) is 7.62. The summed E-state index contributed by atoms with van der Waals surface area (Å²) >= 11 is 0. The van der Waals surface area contributed by atoms with E-state index in [1.165, 1.54) is 7.11 Å². The first-order valence-electron chi connectivity index (χ1n) is 7.62. The number of amides is 1. The molecule has 1 saturated heterocycles. The minimum Gasteiger partial charge on any atom is -0.468 e. The molecule has 1 N–H and O–H groups in total. The standard InChI is InChI=1S/C17H20N2O4/c1-3-11-5-4-6-12-9-19(10-14(11)12)17(21)23-13-7-15(18-8-13)16(20)22-2/h3-6,13,15,18H,1,7-10H2,2H3/t13-,15-/m0/s1. The monoisotopic (exact) mass is 316 g/mol. The molecule has 0 bridgehead atoms. The maximum absolute atomic E-state index is 12.3. The van der Waals surface area contributed by atoms with Gasteiger partial charge in [-0.1, -0.05) is 30.9 Å². The molecule has 122 valence electrons. The van der Waals surface area contributed by atoms with Crippen LogP contribution in [0.5, 0.6) is 0 Å². The van der Waals surface area contributed by atoms with Gasteiger partial charge >= 0.3 is 12.1 Å². The van der Waals surface area contributed by atoms with Crippen molar-refractivity contribution in [3.8, 4) is 0 Å². The molecule has 0 radical (unpaired) electrons. The number of carbonyl (C=O) groups excluding carboxylic acids is 2. The van der Waals surface area contributed by atoms with Gasteiger partial charge in [-0.25, -0.2) is 4.79 Å². The summed E-state index contributed by atoms with van der Waals surface area (Å²) in [5, 5.41) is 3.01. The minimum atomic E-state index is -0.402. The van der Waals surface area contributed by atoms with Gasteiger partial charge in [-0.2, -0.15) is 0 Å². The zero-order valence-corrected chi connectivity index (χ0v) is 13.1. The number of hydrogen-bond acceptors (Lipinski definition) is 5. The first kappa shape index (κ1) is 15.6. The Hall–Kier alpha value is -2.34. The fraction of sp³-hybridized carbons (Fsp3) is 0.412. The van der Waals surface area contributed by atoms with Crippen LogP contribution in [0.2, 0.25) is 0 Å². The molecule has 6 heteroatoms. The maximum atomic E-state index is 12.3. The van der Waals surface area contributed by atoms with Gasteiger partial charge in [0.1, 0.15) is 12.1 Å². The third-order valence-corrected chi connectivity index (χ3v) is 4.34. The van der Waals surface area contributed by atoms with E-state index < -0.39 is 6.04 Å². The molecule has 0 aromatic heterocycles. The Labute approximate surface area is 135 Å². The molecule has 0 aliphatic carbocycles. The van der Waals surface area contributed by atoms with Crippen molar-refractivity contribution in [2.45, 2.75) is 31.7 Å². The zero-order chi connectivity index (χ0) is 16.4. The minimum absolute atomic E-state index is 0.311. The molecule has 23 heavy (non-hydrogen) atoms. The van der Waals surface area contributed by atoms with Gasteiger partial charge in [-0.05, 0) is 16.7 Å². The van der Waals surface area contributed by atoms with Crippen LogP contribution in [0.25, 0.3) is 6.08 Å². The predicted molar refractivity (Wildman–Crippen MR) is 84.5 cm³/mol. The number of esters is 1. The van der Waals surface area contributed by atoms with Crippen molar-refractivity contribution in [3.63, 3.8) is 0 Å². The fourth-order valence-corrected chi connectivity index (χ4v) is 3.10. The summed E-state index contributed by atoms with van der Waals surface area (Å²) in [6.45, 7) is 5.33. The van der Waals surface area contributed by atoms with Crippen LogP contribution in [0.1, 0.15) is 23.1 Å². The van der Waals surface area contributed by atoms with Crippen LogP contribution in [0.4, 0.5) is 4.79 Å². The maximum Gasteiger partial charge on any atom is 0.410 e. The number of fused-ring (bicyclic) bond motifs is 1. The lowest BCUT2D eigenvalue weighted by molar-refractivity contribution is -0.142. The second-order valence-electron chi connectivity index (χ2n) is 5.77. The van der Waals surface area contributed by atoms with Gasteiger partial charge in [0.05, 0.1) is 13.7 Å². The van der Waals surface area contributed by atoms with E-state index in [4.69, 9.17) is 9.47 Å². The van der Waals surface area contributed by atoms with Crippen molar-refractivity contribution < 1.29 is 19.1 Å². The highest BCUT2D eigenvalue weighted by atomic mass is 16.6. The largest absolute Gasteiger partial charge is 0.468 e. The average Bonchev–Trinajstić information content (AvgIpc) is 3.20. The molecule has 1 amide bonds. The topological polar surface area (TPSA) is 67.9 Å². The Kier molecular flexibility index (Phi) is 4.34. The molecule has 1 aromatic carbocycles. The highest BCUT2D eigenvalue weighted by molar-refractivity contribution is 5.76. The SMILES string of the molecule is C=Cc1cccc2c1CN(C(=O)O[C@@H]1CN[C@H](C(=O)OC)C1)C2. The van der Waals surface area contributed by atoms with Gasteiger partial charge in [-0.15, -0.1) is 0 Å². The Balaban J connectivity index is 1.59. The smallest absolute Gasteiger partial charge is 0.410 e. The van der Waals surface area contributed by atoms with Crippen LogP contribution in [0.3, 0.4) is 0 Å². The lowest BCUT2D eigenvalue weighted by Crippen LogP contribution is -2.31. The number of rotatable bonds is 3. The van der Waals surface area contributed by atoms with Crippen molar-refractivity contribution in [2.75, 3.05) is 13.7 Å². The number of nitrogens with zero attached hydrogens (tertiary/aromatic N) is 1. The van der Waals surface area contributed by atoms with Gasteiger partial charge in [0.25, 0.3) is 0 Å². The van der Waals surface area contributed by atoms with Crippen LogP contribution in [-0.2, 0) is 27.4 Å². The van der Waals surface area contributed by atoms with E-state index in [0.29, 0.717) is 26.1 Å². The fourth-order valence-electron chi connectivity index (χ4n) is 3.10. The van der Waals surface area contributed by atoms with E-state index in [9.17, 15) is 9.59 Å². The van der Waals surface area contributed by atoms with Crippen LogP contribution in [0.15, 0.2) is 24.8 Å². The zero-order valence-electron chi connectivity index (χ0n) is 13.1. The molecule has 2 aliphatic heterocycles. The molecular weight excluding hydrogens is 296 g/mol. The Morgan fingerprint density at radius 1 is 1.39 bits per heavy atom. The third-order valence-electron chi connectivity index (χ3n) is 4.34. The van der Waals surface area contributed by atoms with Crippen LogP contribution >= 0.6 is 0 Å². The van der Waals surface area contributed by atoms with E-state index in [2.05, 4.69) is 11.9 Å². The van der Waals surface area contributed by atoms with Crippen molar-refractivity contribution in [2.24, 2.45) is 0 Å². The number of benzene rings is 1. The molecule has 3 rings (SSSR count). The molecule has 6 nitrogen and oxygen atoms in total. The van der Waals surface area contributed by atoms with E-state index in [1.807, 2.05) is 18.2 Å². The summed E-state index contributed by atoms with van der Waals surface area (Å²) in [5.41, 5.74) is 3.29. The van der Waals surface area contributed by atoms with E-state index in [0.717, 1.165) is 16.7 Å². The van der Waals surface area contributed by atoms with Crippen LogP contribution < -0.4 is 5.32 Å². The molecule has 1 aromatic rings. The summed E-state index contributed by atoms with van der Waals surface area (Å²) in [7, 11) is 1.35. The summed E-state index contributed by atoms with van der Waals surface area (Å²) < 4.78 is 10.2. The summed E-state index contributed by atoms with van der Waals surface area (Å²) in [6, 6.07) is 5.57. The number of ether oxygens (including phenoxy) is 2. The molecular formula is C17H20N2O4. The van der Waals surface area contributed by atoms with Crippen LogP contribution in [-0.4, -0.2) is 42.8 Å². The third kappa shape index (κ3) is 3.07. The second kappa shape index (κ2) is 6.42. The van der Waals surface area contributed by atoms with Gasteiger partial charge < -0.3 is 14.8 Å². The van der Waals surface area contributed by atoms with Crippen LogP contribution in [0, 0.1) is 0 Å². The number of hydrogen-bond donors (Lipinski definition) is 1. The molecule has 2 atom stereocenters. The van der Waals surface area contributed by atoms with Gasteiger partial charge in [0.15, 0.2) is 0 Å². The van der Waals surface area contributed by atoms with Crippen molar-refractivity contribution >= 4 is 18.1 Å². The van der Waals surface area contributed by atoms with Crippen molar-refractivity contribution in [1.82, 2.24) is 10.2 Å². The average molecular weight is 316 g/mol. The molecule has 2 aliphatic rings. The normalized spacial score (nSPS) is 22.6. The summed E-state index contributed by atoms with van der Waals surface area (Å²) in [4.78, 5) is 25.5. The summed E-state index contributed by atoms with van der Waals surface area (Å²) in [5.74, 6) is -0.326. The number of carbonyl (C=O) groups is 2. The highest BCUT2D eigenvalue weighted by Crippen LogP contribution is 2.27. The van der Waals surface area contributed by atoms with E-state index >= 15 is 0 Å². The van der Waals surface area contributed by atoms with Crippen molar-refractivity contribution in [3.05, 3.63) is 41.5 Å². The van der Waals surface area contributed by atoms with E-state index in [-0.39, 0.29) is 18.2 Å². The van der Waals surface area contributed by atoms with E-state index in [1.54, 1.807) is 11.0 Å². The van der Waals surface area contributed by atoms with Gasteiger partial charge in [0.2, 0.25) is 0 Å². The molecule has 0 saturated carbocycles. The Morgan fingerprint density at radius 2 is 2.22 bits per heavy atom. The Bertz CT molecular complexity index is 643. The lowest BCUT2D eigenvalue weighted by atomic mass is 10.0. The molecule has 1 fully saturated rings. The highest BCUT2D eigenvalue weighted by Gasteiger charge is 2.34. The molecule has 0 unspecified atom stereocenters. The quantitative estimate of drug-likeness (QED) is 0.860. The predicted octanol–water partition coefficient (Wildman–Crippen LogP) is 1.69. The molecule has 0 spiro atoms.